The molecule has 0 unspecified atom stereocenters. The first-order chi connectivity index (χ1) is 13.2. The van der Waals surface area contributed by atoms with E-state index in [0.29, 0.717) is 19.1 Å². The standard InChI is InChI=1S/C20H26N4O3/c1-14(16-3-4-18-19(13-16)27-12-2-11-26-18)22-20(25)24-9-6-15(7-10-24)17-5-8-21-23-17/h3-5,8,13-15H,2,6-7,9-12H2,1H3,(H,21,23)(H,22,25)/t14-/m1/s1. The van der Waals surface area contributed by atoms with E-state index in [0.717, 1.165) is 55.1 Å². The number of carbonyl (C=O) groups excluding carboxylic acids is 1. The summed E-state index contributed by atoms with van der Waals surface area (Å²) >= 11 is 0. The molecule has 2 aliphatic heterocycles. The van der Waals surface area contributed by atoms with Gasteiger partial charge in [0.05, 0.1) is 19.3 Å². The van der Waals surface area contributed by atoms with Crippen molar-refractivity contribution in [3.8, 4) is 11.5 Å². The van der Waals surface area contributed by atoms with Crippen LogP contribution >= 0.6 is 0 Å². The number of fused-ring (bicyclic) bond motifs is 1. The van der Waals surface area contributed by atoms with Gasteiger partial charge in [0.15, 0.2) is 11.5 Å². The van der Waals surface area contributed by atoms with Crippen LogP contribution in [-0.2, 0) is 0 Å². The number of hydrogen-bond donors (Lipinski definition) is 2. The largest absolute Gasteiger partial charge is 0.490 e. The number of aromatic nitrogens is 2. The lowest BCUT2D eigenvalue weighted by Crippen LogP contribution is -2.44. The van der Waals surface area contributed by atoms with Gasteiger partial charge in [-0.3, -0.25) is 5.10 Å². The molecule has 27 heavy (non-hydrogen) atoms. The molecule has 2 aromatic rings. The third-order valence-corrected chi connectivity index (χ3v) is 5.36. The predicted octanol–water partition coefficient (Wildman–Crippen LogP) is 3.22. The number of ether oxygens (including phenoxy) is 2. The lowest BCUT2D eigenvalue weighted by molar-refractivity contribution is 0.178. The van der Waals surface area contributed by atoms with Gasteiger partial charge in [0.25, 0.3) is 0 Å². The third kappa shape index (κ3) is 4.02. The Morgan fingerprint density at radius 2 is 2.00 bits per heavy atom. The zero-order valence-corrected chi connectivity index (χ0v) is 15.6. The summed E-state index contributed by atoms with van der Waals surface area (Å²) in [6.45, 7) is 4.83. The number of carbonyl (C=O) groups is 1. The van der Waals surface area contributed by atoms with E-state index in [2.05, 4.69) is 15.5 Å². The number of nitrogens with one attached hydrogen (secondary N) is 2. The smallest absolute Gasteiger partial charge is 0.317 e. The van der Waals surface area contributed by atoms with Gasteiger partial charge in [-0.15, -0.1) is 0 Å². The molecule has 0 radical (unpaired) electrons. The molecule has 2 amide bonds. The fraction of sp³-hybridized carbons (Fsp3) is 0.500. The SMILES string of the molecule is C[C@@H](NC(=O)N1CCC(c2ccn[nH]2)CC1)c1ccc2c(c1)OCCCO2. The van der Waals surface area contributed by atoms with Crippen LogP contribution in [0.1, 0.15) is 49.4 Å². The predicted molar refractivity (Wildman–Crippen MR) is 101 cm³/mol. The zero-order valence-electron chi connectivity index (χ0n) is 15.6. The van der Waals surface area contributed by atoms with E-state index in [1.54, 1.807) is 6.20 Å². The molecular weight excluding hydrogens is 344 g/mol. The normalized spacial score (nSPS) is 18.6. The average Bonchev–Trinajstić information content (AvgIpc) is 3.13. The van der Waals surface area contributed by atoms with E-state index in [4.69, 9.17) is 9.47 Å². The fourth-order valence-electron chi connectivity index (χ4n) is 3.70. The van der Waals surface area contributed by atoms with Gasteiger partial charge in [0, 0.05) is 37.3 Å². The number of piperidine rings is 1. The van der Waals surface area contributed by atoms with Crippen molar-refractivity contribution >= 4 is 6.03 Å². The van der Waals surface area contributed by atoms with Gasteiger partial charge in [-0.25, -0.2) is 4.79 Å². The molecule has 7 nitrogen and oxygen atoms in total. The number of nitrogens with zero attached hydrogens (tertiary/aromatic N) is 2. The molecule has 0 saturated carbocycles. The second-order valence-electron chi connectivity index (χ2n) is 7.20. The molecule has 4 rings (SSSR count). The van der Waals surface area contributed by atoms with Gasteiger partial charge >= 0.3 is 6.03 Å². The highest BCUT2D eigenvalue weighted by Crippen LogP contribution is 2.32. The summed E-state index contributed by atoms with van der Waals surface area (Å²) < 4.78 is 11.4. The topological polar surface area (TPSA) is 79.5 Å². The molecule has 2 aliphatic rings. The monoisotopic (exact) mass is 370 g/mol. The average molecular weight is 370 g/mol. The number of urea groups is 1. The molecule has 7 heteroatoms. The summed E-state index contributed by atoms with van der Waals surface area (Å²) in [5.74, 6) is 1.98. The van der Waals surface area contributed by atoms with Crippen molar-refractivity contribution in [1.82, 2.24) is 20.4 Å². The van der Waals surface area contributed by atoms with Crippen LogP contribution in [-0.4, -0.2) is 47.4 Å². The van der Waals surface area contributed by atoms with Gasteiger partial charge in [-0.1, -0.05) is 6.07 Å². The van der Waals surface area contributed by atoms with E-state index in [1.165, 1.54) is 0 Å². The maximum atomic E-state index is 12.7. The van der Waals surface area contributed by atoms with Crippen molar-refractivity contribution in [3.05, 3.63) is 41.7 Å². The van der Waals surface area contributed by atoms with E-state index < -0.39 is 0 Å². The van der Waals surface area contributed by atoms with Crippen LogP contribution in [0.5, 0.6) is 11.5 Å². The molecule has 1 atom stereocenters. The number of benzene rings is 1. The third-order valence-electron chi connectivity index (χ3n) is 5.36. The number of amides is 2. The summed E-state index contributed by atoms with van der Waals surface area (Å²) in [6.07, 6.45) is 4.57. The molecule has 1 saturated heterocycles. The van der Waals surface area contributed by atoms with Gasteiger partial charge < -0.3 is 19.7 Å². The van der Waals surface area contributed by atoms with Crippen LogP contribution in [0, 0.1) is 0 Å². The number of aromatic amines is 1. The highest BCUT2D eigenvalue weighted by Gasteiger charge is 2.25. The van der Waals surface area contributed by atoms with Crippen molar-refractivity contribution in [1.29, 1.82) is 0 Å². The summed E-state index contributed by atoms with van der Waals surface area (Å²) in [7, 11) is 0. The molecule has 1 aromatic heterocycles. The zero-order chi connectivity index (χ0) is 18.6. The molecule has 1 fully saturated rings. The lowest BCUT2D eigenvalue weighted by Gasteiger charge is -2.32. The Balaban J connectivity index is 1.33. The van der Waals surface area contributed by atoms with Crippen molar-refractivity contribution in [2.75, 3.05) is 26.3 Å². The van der Waals surface area contributed by atoms with Crippen LogP contribution < -0.4 is 14.8 Å². The van der Waals surface area contributed by atoms with Crippen LogP contribution in [0.2, 0.25) is 0 Å². The summed E-state index contributed by atoms with van der Waals surface area (Å²) in [6, 6.07) is 7.79. The maximum absolute atomic E-state index is 12.7. The molecule has 0 spiro atoms. The second-order valence-corrected chi connectivity index (χ2v) is 7.20. The van der Waals surface area contributed by atoms with Crippen LogP contribution in [0.4, 0.5) is 4.79 Å². The van der Waals surface area contributed by atoms with Crippen molar-refractivity contribution in [2.45, 2.75) is 38.1 Å². The number of H-pyrrole nitrogens is 1. The van der Waals surface area contributed by atoms with E-state index >= 15 is 0 Å². The molecule has 0 aliphatic carbocycles. The summed E-state index contributed by atoms with van der Waals surface area (Å²) in [5, 5.41) is 10.2. The van der Waals surface area contributed by atoms with E-state index in [1.807, 2.05) is 36.1 Å². The van der Waals surface area contributed by atoms with Crippen LogP contribution in [0.3, 0.4) is 0 Å². The Bertz CT molecular complexity index is 770. The van der Waals surface area contributed by atoms with E-state index in [9.17, 15) is 4.79 Å². The molecule has 144 valence electrons. The first kappa shape index (κ1) is 17.7. The second kappa shape index (κ2) is 7.90. The molecule has 0 bridgehead atoms. The Morgan fingerprint density at radius 1 is 1.22 bits per heavy atom. The van der Waals surface area contributed by atoms with Crippen LogP contribution in [0.15, 0.2) is 30.5 Å². The number of likely N-dealkylation sites (tertiary alicyclic amines) is 1. The van der Waals surface area contributed by atoms with Crippen LogP contribution in [0.25, 0.3) is 0 Å². The lowest BCUT2D eigenvalue weighted by atomic mass is 9.94. The first-order valence-corrected chi connectivity index (χ1v) is 9.65. The molecular formula is C20H26N4O3. The van der Waals surface area contributed by atoms with Gasteiger partial charge in [0.2, 0.25) is 0 Å². The summed E-state index contributed by atoms with van der Waals surface area (Å²) in [4.78, 5) is 14.6. The first-order valence-electron chi connectivity index (χ1n) is 9.65. The Morgan fingerprint density at radius 3 is 2.74 bits per heavy atom. The summed E-state index contributed by atoms with van der Waals surface area (Å²) in [5.41, 5.74) is 2.18. The Hall–Kier alpha value is -2.70. The molecule has 3 heterocycles. The highest BCUT2D eigenvalue weighted by molar-refractivity contribution is 5.74. The van der Waals surface area contributed by atoms with Gasteiger partial charge in [0.1, 0.15) is 0 Å². The maximum Gasteiger partial charge on any atom is 0.317 e. The molecule has 1 aromatic carbocycles. The van der Waals surface area contributed by atoms with Gasteiger partial charge in [-0.05, 0) is 43.5 Å². The van der Waals surface area contributed by atoms with E-state index in [-0.39, 0.29) is 12.1 Å². The van der Waals surface area contributed by atoms with Gasteiger partial charge in [-0.2, -0.15) is 5.10 Å². The Labute approximate surface area is 159 Å². The van der Waals surface area contributed by atoms with Crippen molar-refractivity contribution in [3.63, 3.8) is 0 Å². The highest BCUT2D eigenvalue weighted by atomic mass is 16.5. The quantitative estimate of drug-likeness (QED) is 0.869. The minimum absolute atomic E-state index is 0.0160. The Kier molecular flexibility index (Phi) is 5.18. The minimum Gasteiger partial charge on any atom is -0.490 e. The molecule has 2 N–H and O–H groups in total. The number of rotatable bonds is 3. The number of hydrogen-bond acceptors (Lipinski definition) is 4. The van der Waals surface area contributed by atoms with Crippen molar-refractivity contribution < 1.29 is 14.3 Å². The minimum atomic E-state index is -0.0972. The fourth-order valence-corrected chi connectivity index (χ4v) is 3.70. The van der Waals surface area contributed by atoms with Crippen molar-refractivity contribution in [2.24, 2.45) is 0 Å².